The number of rotatable bonds is 2. The minimum atomic E-state index is 0.465. The summed E-state index contributed by atoms with van der Waals surface area (Å²) < 4.78 is 1.76. The van der Waals surface area contributed by atoms with E-state index in [0.717, 1.165) is 11.5 Å². The molecule has 15 heavy (non-hydrogen) atoms. The van der Waals surface area contributed by atoms with Gasteiger partial charge in [0.15, 0.2) is 5.82 Å². The van der Waals surface area contributed by atoms with Crippen LogP contribution in [0.4, 0.5) is 0 Å². The normalized spacial score (nSPS) is 16.9. The molecule has 0 unspecified atom stereocenters. The van der Waals surface area contributed by atoms with Crippen LogP contribution in [-0.2, 0) is 6.54 Å². The molecule has 0 radical (unpaired) electrons. The molecule has 3 rings (SSSR count). The number of nitrogens with zero attached hydrogens (tertiary/aromatic N) is 4. The second kappa shape index (κ2) is 3.27. The highest BCUT2D eigenvalue weighted by atomic mass is 15.3. The highest BCUT2D eigenvalue weighted by molar-refractivity contribution is 5.29. The maximum atomic E-state index is 5.63. The van der Waals surface area contributed by atoms with Crippen molar-refractivity contribution < 1.29 is 0 Å². The zero-order valence-electron chi connectivity index (χ0n) is 8.43. The summed E-state index contributed by atoms with van der Waals surface area (Å²) >= 11 is 0. The Kier molecular flexibility index (Phi) is 1.92. The molecule has 78 valence electrons. The summed E-state index contributed by atoms with van der Waals surface area (Å²) in [7, 11) is 0. The summed E-state index contributed by atoms with van der Waals surface area (Å²) in [5.41, 5.74) is 6.59. The molecule has 2 aromatic heterocycles. The fraction of sp³-hybridized carbons (Fsp3) is 0.500. The number of hydrogen-bond donors (Lipinski definition) is 1. The van der Waals surface area contributed by atoms with Gasteiger partial charge in [0.25, 0.3) is 5.78 Å². The summed E-state index contributed by atoms with van der Waals surface area (Å²) in [4.78, 5) is 8.61. The Morgan fingerprint density at radius 1 is 1.47 bits per heavy atom. The van der Waals surface area contributed by atoms with E-state index in [4.69, 9.17) is 5.73 Å². The highest BCUT2D eigenvalue weighted by Crippen LogP contribution is 2.34. The molecule has 0 spiro atoms. The van der Waals surface area contributed by atoms with Gasteiger partial charge in [-0.25, -0.2) is 4.98 Å². The fourth-order valence-corrected chi connectivity index (χ4v) is 1.85. The number of nitrogens with two attached hydrogens (primary N) is 1. The standard InChI is InChI=1S/C10H13N5/c11-6-8-4-5-12-10-13-9(14-15(8)10)7-2-1-3-7/h4-5,7H,1-3,6,11H2. The smallest absolute Gasteiger partial charge is 0.252 e. The third-order valence-corrected chi connectivity index (χ3v) is 3.01. The Morgan fingerprint density at radius 3 is 3.00 bits per heavy atom. The maximum absolute atomic E-state index is 5.63. The topological polar surface area (TPSA) is 69.1 Å². The van der Waals surface area contributed by atoms with Gasteiger partial charge in [0.05, 0.1) is 5.69 Å². The predicted molar refractivity (Wildman–Crippen MR) is 55.3 cm³/mol. The molecule has 1 aliphatic rings. The fourth-order valence-electron chi connectivity index (χ4n) is 1.85. The molecule has 2 N–H and O–H groups in total. The lowest BCUT2D eigenvalue weighted by atomic mass is 9.85. The first-order valence-electron chi connectivity index (χ1n) is 5.29. The molecule has 5 heteroatoms. The molecule has 1 aliphatic carbocycles. The van der Waals surface area contributed by atoms with E-state index in [0.29, 0.717) is 18.2 Å². The predicted octanol–water partition coefficient (Wildman–Crippen LogP) is 0.850. The van der Waals surface area contributed by atoms with Crippen molar-refractivity contribution in [3.8, 4) is 0 Å². The Labute approximate surface area is 87.3 Å². The Bertz CT molecular complexity index is 486. The lowest BCUT2D eigenvalue weighted by Gasteiger charge is -2.21. The molecular formula is C10H13N5. The zero-order chi connectivity index (χ0) is 10.3. The van der Waals surface area contributed by atoms with E-state index >= 15 is 0 Å². The van der Waals surface area contributed by atoms with Gasteiger partial charge in [0.2, 0.25) is 0 Å². The Morgan fingerprint density at radius 2 is 2.33 bits per heavy atom. The van der Waals surface area contributed by atoms with E-state index < -0.39 is 0 Å². The van der Waals surface area contributed by atoms with Gasteiger partial charge >= 0.3 is 0 Å². The van der Waals surface area contributed by atoms with Crippen LogP contribution in [0.25, 0.3) is 5.78 Å². The third-order valence-electron chi connectivity index (χ3n) is 3.01. The van der Waals surface area contributed by atoms with Crippen molar-refractivity contribution in [2.45, 2.75) is 31.7 Å². The van der Waals surface area contributed by atoms with E-state index in [9.17, 15) is 0 Å². The van der Waals surface area contributed by atoms with Crippen LogP contribution in [0.3, 0.4) is 0 Å². The van der Waals surface area contributed by atoms with E-state index in [1.807, 2.05) is 6.07 Å². The van der Waals surface area contributed by atoms with Gasteiger partial charge in [-0.3, -0.25) is 0 Å². The van der Waals surface area contributed by atoms with E-state index in [2.05, 4.69) is 15.1 Å². The van der Waals surface area contributed by atoms with Gasteiger partial charge in [-0.15, -0.1) is 5.10 Å². The lowest BCUT2D eigenvalue weighted by Crippen LogP contribution is -2.11. The largest absolute Gasteiger partial charge is 0.325 e. The van der Waals surface area contributed by atoms with Crippen molar-refractivity contribution in [2.75, 3.05) is 0 Å². The second-order valence-electron chi connectivity index (χ2n) is 3.95. The molecule has 0 aliphatic heterocycles. The van der Waals surface area contributed by atoms with Crippen molar-refractivity contribution in [1.82, 2.24) is 19.6 Å². The molecule has 0 atom stereocenters. The van der Waals surface area contributed by atoms with Crippen LogP contribution in [0.15, 0.2) is 12.3 Å². The van der Waals surface area contributed by atoms with Gasteiger partial charge in [0.1, 0.15) is 0 Å². The van der Waals surface area contributed by atoms with E-state index in [-0.39, 0.29) is 0 Å². The van der Waals surface area contributed by atoms with Gasteiger partial charge < -0.3 is 5.73 Å². The summed E-state index contributed by atoms with van der Waals surface area (Å²) in [6.45, 7) is 0.465. The average Bonchev–Trinajstić information content (AvgIpc) is 2.57. The van der Waals surface area contributed by atoms with Gasteiger partial charge in [-0.1, -0.05) is 6.42 Å². The van der Waals surface area contributed by atoms with Crippen LogP contribution >= 0.6 is 0 Å². The molecule has 5 nitrogen and oxygen atoms in total. The molecule has 0 amide bonds. The first kappa shape index (κ1) is 8.79. The third kappa shape index (κ3) is 1.31. The van der Waals surface area contributed by atoms with E-state index in [1.165, 1.54) is 19.3 Å². The van der Waals surface area contributed by atoms with Crippen molar-refractivity contribution in [2.24, 2.45) is 5.73 Å². The Hall–Kier alpha value is -1.49. The second-order valence-corrected chi connectivity index (χ2v) is 3.95. The molecule has 0 aromatic carbocycles. The molecular weight excluding hydrogens is 190 g/mol. The molecule has 1 saturated carbocycles. The van der Waals surface area contributed by atoms with Crippen molar-refractivity contribution >= 4 is 5.78 Å². The molecule has 2 aromatic rings. The molecule has 2 heterocycles. The first-order chi connectivity index (χ1) is 7.38. The molecule has 0 saturated heterocycles. The Balaban J connectivity index is 2.12. The lowest BCUT2D eigenvalue weighted by molar-refractivity contribution is 0.401. The summed E-state index contributed by atoms with van der Waals surface area (Å²) in [5, 5.41) is 4.47. The van der Waals surface area contributed by atoms with Crippen LogP contribution in [-0.4, -0.2) is 19.6 Å². The number of fused-ring (bicyclic) bond motifs is 1. The van der Waals surface area contributed by atoms with Crippen LogP contribution < -0.4 is 5.73 Å². The SMILES string of the molecule is NCc1ccnc2nc(C3CCC3)nn12. The van der Waals surface area contributed by atoms with Gasteiger partial charge in [0, 0.05) is 18.7 Å². The van der Waals surface area contributed by atoms with Crippen molar-refractivity contribution in [3.63, 3.8) is 0 Å². The first-order valence-corrected chi connectivity index (χ1v) is 5.29. The maximum Gasteiger partial charge on any atom is 0.252 e. The molecule has 0 bridgehead atoms. The van der Waals surface area contributed by atoms with Crippen molar-refractivity contribution in [1.29, 1.82) is 0 Å². The summed E-state index contributed by atoms with van der Waals surface area (Å²) in [6.07, 6.45) is 5.43. The van der Waals surface area contributed by atoms with Gasteiger partial charge in [-0.05, 0) is 18.9 Å². The molecule has 1 fully saturated rings. The minimum Gasteiger partial charge on any atom is -0.325 e. The minimum absolute atomic E-state index is 0.465. The monoisotopic (exact) mass is 203 g/mol. The van der Waals surface area contributed by atoms with Crippen LogP contribution in [0, 0.1) is 0 Å². The van der Waals surface area contributed by atoms with Crippen molar-refractivity contribution in [3.05, 3.63) is 23.8 Å². The summed E-state index contributed by atoms with van der Waals surface area (Å²) in [5.74, 6) is 2.13. The average molecular weight is 203 g/mol. The summed E-state index contributed by atoms with van der Waals surface area (Å²) in [6, 6.07) is 1.88. The van der Waals surface area contributed by atoms with Gasteiger partial charge in [-0.2, -0.15) is 9.50 Å². The number of aromatic nitrogens is 4. The van der Waals surface area contributed by atoms with Crippen LogP contribution in [0.2, 0.25) is 0 Å². The quantitative estimate of drug-likeness (QED) is 0.785. The van der Waals surface area contributed by atoms with E-state index in [1.54, 1.807) is 10.7 Å². The van der Waals surface area contributed by atoms with Crippen LogP contribution in [0.5, 0.6) is 0 Å². The zero-order valence-corrected chi connectivity index (χ0v) is 8.43. The highest BCUT2D eigenvalue weighted by Gasteiger charge is 2.24. The van der Waals surface area contributed by atoms with Crippen LogP contribution in [0.1, 0.15) is 36.7 Å². The number of hydrogen-bond acceptors (Lipinski definition) is 4.